The summed E-state index contributed by atoms with van der Waals surface area (Å²) in [5.74, 6) is 0.563. The number of anilines is 1. The maximum Gasteiger partial charge on any atom is 0.292 e. The molecule has 0 aliphatic carbocycles. The van der Waals surface area contributed by atoms with Crippen molar-refractivity contribution in [2.45, 2.75) is 19.4 Å². The monoisotopic (exact) mass is 283 g/mol. The third-order valence-corrected chi connectivity index (χ3v) is 3.42. The van der Waals surface area contributed by atoms with Crippen molar-refractivity contribution in [3.63, 3.8) is 0 Å². The zero-order valence-electron chi connectivity index (χ0n) is 10.9. The number of benzene rings is 1. The number of amides is 1. The summed E-state index contributed by atoms with van der Waals surface area (Å²) < 4.78 is 0. The lowest BCUT2D eigenvalue weighted by Gasteiger charge is -2.15. The highest BCUT2D eigenvalue weighted by Crippen LogP contribution is 2.22. The first kappa shape index (κ1) is 15.3. The van der Waals surface area contributed by atoms with Crippen molar-refractivity contribution in [3.05, 3.63) is 33.9 Å². The van der Waals surface area contributed by atoms with E-state index >= 15 is 0 Å². The van der Waals surface area contributed by atoms with Gasteiger partial charge in [0, 0.05) is 23.4 Å². The molecule has 7 heteroatoms. The van der Waals surface area contributed by atoms with Crippen LogP contribution in [0.15, 0.2) is 18.2 Å². The summed E-state index contributed by atoms with van der Waals surface area (Å²) in [6.07, 6.45) is 2.80. The SMILES string of the molecule is CCC(CSC)NC(=O)c1ccc([N+](=O)[O-])c(N)c1. The van der Waals surface area contributed by atoms with Crippen LogP contribution < -0.4 is 11.1 Å². The topological polar surface area (TPSA) is 98.3 Å². The molecule has 0 heterocycles. The van der Waals surface area contributed by atoms with E-state index in [4.69, 9.17) is 5.73 Å². The molecule has 1 aromatic rings. The molecule has 0 saturated heterocycles. The van der Waals surface area contributed by atoms with Crippen molar-refractivity contribution in [3.8, 4) is 0 Å². The zero-order chi connectivity index (χ0) is 14.4. The number of nitrogens with two attached hydrogens (primary N) is 1. The van der Waals surface area contributed by atoms with Gasteiger partial charge in [-0.3, -0.25) is 14.9 Å². The lowest BCUT2D eigenvalue weighted by molar-refractivity contribution is -0.383. The molecule has 0 saturated carbocycles. The smallest absolute Gasteiger partial charge is 0.292 e. The first-order valence-electron chi connectivity index (χ1n) is 5.83. The van der Waals surface area contributed by atoms with Gasteiger partial charge in [-0.15, -0.1) is 0 Å². The fraction of sp³-hybridized carbons (Fsp3) is 0.417. The summed E-state index contributed by atoms with van der Waals surface area (Å²) in [5.41, 5.74) is 5.70. The van der Waals surface area contributed by atoms with Gasteiger partial charge < -0.3 is 11.1 Å². The number of carbonyl (C=O) groups is 1. The molecule has 0 aliphatic rings. The maximum absolute atomic E-state index is 12.0. The van der Waals surface area contributed by atoms with Crippen LogP contribution in [0.4, 0.5) is 11.4 Å². The van der Waals surface area contributed by atoms with Crippen LogP contribution in [0.1, 0.15) is 23.7 Å². The van der Waals surface area contributed by atoms with Crippen LogP contribution in [0.2, 0.25) is 0 Å². The van der Waals surface area contributed by atoms with Gasteiger partial charge in [0.05, 0.1) is 4.92 Å². The van der Waals surface area contributed by atoms with E-state index in [1.54, 1.807) is 11.8 Å². The number of carbonyl (C=O) groups excluding carboxylic acids is 1. The fourth-order valence-corrected chi connectivity index (χ4v) is 2.31. The van der Waals surface area contributed by atoms with Crippen molar-refractivity contribution < 1.29 is 9.72 Å². The average molecular weight is 283 g/mol. The summed E-state index contributed by atoms with van der Waals surface area (Å²) in [6, 6.07) is 4.08. The molecule has 19 heavy (non-hydrogen) atoms. The molecule has 3 N–H and O–H groups in total. The van der Waals surface area contributed by atoms with E-state index in [1.165, 1.54) is 18.2 Å². The van der Waals surface area contributed by atoms with Gasteiger partial charge in [-0.1, -0.05) is 6.92 Å². The highest BCUT2D eigenvalue weighted by atomic mass is 32.2. The van der Waals surface area contributed by atoms with Crippen LogP contribution in [0.5, 0.6) is 0 Å². The molecule has 1 unspecified atom stereocenters. The van der Waals surface area contributed by atoms with Crippen molar-refractivity contribution >= 4 is 29.0 Å². The molecular weight excluding hydrogens is 266 g/mol. The molecule has 0 radical (unpaired) electrons. The summed E-state index contributed by atoms with van der Waals surface area (Å²) in [7, 11) is 0. The van der Waals surface area contributed by atoms with Crippen molar-refractivity contribution in [2.75, 3.05) is 17.7 Å². The lowest BCUT2D eigenvalue weighted by atomic mass is 10.1. The van der Waals surface area contributed by atoms with Crippen LogP contribution in [0.25, 0.3) is 0 Å². The Hall–Kier alpha value is -1.76. The van der Waals surface area contributed by atoms with Crippen LogP contribution in [0.3, 0.4) is 0 Å². The van der Waals surface area contributed by atoms with Crippen LogP contribution in [0, 0.1) is 10.1 Å². The first-order chi connectivity index (χ1) is 8.99. The fourth-order valence-electron chi connectivity index (χ4n) is 1.59. The summed E-state index contributed by atoms with van der Waals surface area (Å²) in [5, 5.41) is 13.5. The molecule has 1 rings (SSSR count). The van der Waals surface area contributed by atoms with E-state index in [1.807, 2.05) is 13.2 Å². The Balaban J connectivity index is 2.83. The first-order valence-corrected chi connectivity index (χ1v) is 7.22. The lowest BCUT2D eigenvalue weighted by Crippen LogP contribution is -2.36. The predicted octanol–water partition coefficient (Wildman–Crippen LogP) is 2.05. The van der Waals surface area contributed by atoms with Crippen molar-refractivity contribution in [1.29, 1.82) is 0 Å². The Labute approximate surface area is 115 Å². The zero-order valence-corrected chi connectivity index (χ0v) is 11.7. The van der Waals surface area contributed by atoms with Gasteiger partial charge in [-0.25, -0.2) is 0 Å². The van der Waals surface area contributed by atoms with E-state index in [9.17, 15) is 14.9 Å². The molecule has 0 fully saturated rings. The van der Waals surface area contributed by atoms with E-state index in [0.29, 0.717) is 5.56 Å². The van der Waals surface area contributed by atoms with E-state index in [0.717, 1.165) is 12.2 Å². The average Bonchev–Trinajstić information content (AvgIpc) is 2.37. The number of nitrogen functional groups attached to an aromatic ring is 1. The van der Waals surface area contributed by atoms with Gasteiger partial charge in [-0.05, 0) is 24.8 Å². The minimum atomic E-state index is -0.570. The quantitative estimate of drug-likeness (QED) is 0.473. The van der Waals surface area contributed by atoms with Gasteiger partial charge >= 0.3 is 0 Å². The molecule has 1 atom stereocenters. The van der Waals surface area contributed by atoms with Gasteiger partial charge in [0.2, 0.25) is 0 Å². The van der Waals surface area contributed by atoms with E-state index in [2.05, 4.69) is 5.32 Å². The Morgan fingerprint density at radius 3 is 2.74 bits per heavy atom. The molecule has 0 aliphatic heterocycles. The third-order valence-electron chi connectivity index (χ3n) is 2.68. The second-order valence-electron chi connectivity index (χ2n) is 4.06. The summed E-state index contributed by atoms with van der Waals surface area (Å²) >= 11 is 1.65. The minimum absolute atomic E-state index is 0.00411. The second-order valence-corrected chi connectivity index (χ2v) is 4.98. The van der Waals surface area contributed by atoms with E-state index < -0.39 is 4.92 Å². The summed E-state index contributed by atoms with van der Waals surface area (Å²) in [6.45, 7) is 1.99. The van der Waals surface area contributed by atoms with Crippen LogP contribution in [-0.4, -0.2) is 28.9 Å². The van der Waals surface area contributed by atoms with Crippen LogP contribution in [-0.2, 0) is 0 Å². The number of nitro benzene ring substituents is 1. The molecule has 0 aromatic heterocycles. The maximum atomic E-state index is 12.0. The molecule has 0 bridgehead atoms. The molecule has 1 amide bonds. The van der Waals surface area contributed by atoms with E-state index in [-0.39, 0.29) is 23.3 Å². The Morgan fingerprint density at radius 2 is 2.26 bits per heavy atom. The third kappa shape index (κ3) is 4.13. The molecule has 1 aromatic carbocycles. The minimum Gasteiger partial charge on any atom is -0.393 e. The number of nitrogens with one attached hydrogen (secondary N) is 1. The molecule has 6 nitrogen and oxygen atoms in total. The van der Waals surface area contributed by atoms with Gasteiger partial charge in [0.1, 0.15) is 5.69 Å². The molecular formula is C12H17N3O3S. The summed E-state index contributed by atoms with van der Waals surface area (Å²) in [4.78, 5) is 22.0. The Kier molecular flexibility index (Phi) is 5.62. The van der Waals surface area contributed by atoms with Crippen LogP contribution >= 0.6 is 11.8 Å². The Bertz CT molecular complexity index is 479. The van der Waals surface area contributed by atoms with Crippen molar-refractivity contribution in [1.82, 2.24) is 5.32 Å². The number of nitro groups is 1. The van der Waals surface area contributed by atoms with Gasteiger partial charge in [0.15, 0.2) is 0 Å². The van der Waals surface area contributed by atoms with Gasteiger partial charge in [-0.2, -0.15) is 11.8 Å². The normalized spacial score (nSPS) is 11.9. The molecule has 104 valence electrons. The van der Waals surface area contributed by atoms with Crippen molar-refractivity contribution in [2.24, 2.45) is 0 Å². The second kappa shape index (κ2) is 6.98. The number of hydrogen-bond acceptors (Lipinski definition) is 5. The van der Waals surface area contributed by atoms with Gasteiger partial charge in [0.25, 0.3) is 11.6 Å². The largest absolute Gasteiger partial charge is 0.393 e. The highest BCUT2D eigenvalue weighted by molar-refractivity contribution is 7.98. The molecule has 0 spiro atoms. The highest BCUT2D eigenvalue weighted by Gasteiger charge is 2.16. The number of thioether (sulfide) groups is 1. The Morgan fingerprint density at radius 1 is 1.58 bits per heavy atom. The number of hydrogen-bond donors (Lipinski definition) is 2. The number of nitrogens with zero attached hydrogens (tertiary/aromatic N) is 1. The predicted molar refractivity (Wildman–Crippen MR) is 77.4 cm³/mol. The number of rotatable bonds is 6. The standard InChI is InChI=1S/C12H17N3O3S/c1-3-9(7-19-2)14-12(16)8-4-5-11(15(17)18)10(13)6-8/h4-6,9H,3,7,13H2,1-2H3,(H,14,16).